The highest BCUT2D eigenvalue weighted by Gasteiger charge is 1.98. The van der Waals surface area contributed by atoms with Crippen molar-refractivity contribution in [2.45, 2.75) is 0 Å². The van der Waals surface area contributed by atoms with Crippen molar-refractivity contribution in [3.8, 4) is 0 Å². The smallest absolute Gasteiger partial charge is 0.0591 e. The molecule has 3 heteroatoms. The fraction of sp³-hybridized carbons (Fsp3) is 0. The maximum atomic E-state index is 5.70. The second-order valence-electron chi connectivity index (χ2n) is 4.19. The summed E-state index contributed by atoms with van der Waals surface area (Å²) in [5.41, 5.74) is 8.28. The summed E-state index contributed by atoms with van der Waals surface area (Å²) < 4.78 is 0. The largest absolute Gasteiger partial charge is 0.397 e. The van der Waals surface area contributed by atoms with E-state index in [9.17, 15) is 0 Å². The van der Waals surface area contributed by atoms with Crippen LogP contribution in [0.5, 0.6) is 0 Å². The van der Waals surface area contributed by atoms with E-state index in [1.807, 2.05) is 24.3 Å². The number of nitrogens with two attached hydrogens (primary N) is 1. The van der Waals surface area contributed by atoms with E-state index in [0.717, 1.165) is 11.4 Å². The normalized spacial score (nSPS) is 10.4. The van der Waals surface area contributed by atoms with Crippen LogP contribution in [0.3, 0.4) is 0 Å². The van der Waals surface area contributed by atoms with E-state index in [0.29, 0.717) is 5.69 Å². The average Bonchev–Trinajstić information content (AvgIpc) is 2.39. The number of hydrogen-bond donors (Lipinski definition) is 2. The van der Waals surface area contributed by atoms with Gasteiger partial charge >= 0.3 is 0 Å². The van der Waals surface area contributed by atoms with Gasteiger partial charge in [0.25, 0.3) is 0 Å². The molecule has 3 aromatic rings. The Kier molecular flexibility index (Phi) is 2.57. The van der Waals surface area contributed by atoms with Crippen LogP contribution in [0.2, 0.25) is 0 Å². The van der Waals surface area contributed by atoms with E-state index < -0.39 is 0 Å². The van der Waals surface area contributed by atoms with Crippen molar-refractivity contribution in [1.29, 1.82) is 0 Å². The molecule has 88 valence electrons. The molecule has 1 aromatic heterocycles. The Hall–Kier alpha value is -2.55. The van der Waals surface area contributed by atoms with Gasteiger partial charge in [0.1, 0.15) is 0 Å². The first kappa shape index (κ1) is 10.6. The second-order valence-corrected chi connectivity index (χ2v) is 4.19. The number of nitrogen functional groups attached to an aromatic ring is 1. The SMILES string of the molecule is Nc1cncc(Nc2ccc3ccccc3c2)c1. The predicted octanol–water partition coefficient (Wildman–Crippen LogP) is 3.56. The summed E-state index contributed by atoms with van der Waals surface area (Å²) in [6.07, 6.45) is 3.39. The van der Waals surface area contributed by atoms with Crippen molar-refractivity contribution in [3.05, 3.63) is 60.9 Å². The summed E-state index contributed by atoms with van der Waals surface area (Å²) in [6.45, 7) is 0. The molecule has 0 amide bonds. The van der Waals surface area contributed by atoms with Crippen LogP contribution in [0.1, 0.15) is 0 Å². The van der Waals surface area contributed by atoms with Gasteiger partial charge in [-0.1, -0.05) is 30.3 Å². The molecule has 0 aliphatic carbocycles. The monoisotopic (exact) mass is 235 g/mol. The number of hydrogen-bond acceptors (Lipinski definition) is 3. The predicted molar refractivity (Wildman–Crippen MR) is 75.9 cm³/mol. The van der Waals surface area contributed by atoms with Crippen LogP contribution in [0.4, 0.5) is 17.1 Å². The number of nitrogens with zero attached hydrogens (tertiary/aromatic N) is 1. The van der Waals surface area contributed by atoms with Crippen LogP contribution in [0.25, 0.3) is 10.8 Å². The molecule has 3 N–H and O–H groups in total. The van der Waals surface area contributed by atoms with Crippen molar-refractivity contribution in [2.24, 2.45) is 0 Å². The van der Waals surface area contributed by atoms with Crippen molar-refractivity contribution in [1.82, 2.24) is 4.98 Å². The standard InChI is InChI=1S/C15H13N3/c16-13-8-15(10-17-9-13)18-14-6-5-11-3-1-2-4-12(11)7-14/h1-10,18H,16H2. The minimum Gasteiger partial charge on any atom is -0.397 e. The van der Waals surface area contributed by atoms with Crippen LogP contribution < -0.4 is 11.1 Å². The maximum Gasteiger partial charge on any atom is 0.0591 e. The minimum atomic E-state index is 0.654. The highest BCUT2D eigenvalue weighted by Crippen LogP contribution is 2.22. The number of rotatable bonds is 2. The van der Waals surface area contributed by atoms with Gasteiger partial charge in [0.2, 0.25) is 0 Å². The van der Waals surface area contributed by atoms with Gasteiger partial charge in [0.05, 0.1) is 17.6 Å². The van der Waals surface area contributed by atoms with E-state index in [4.69, 9.17) is 5.73 Å². The van der Waals surface area contributed by atoms with Gasteiger partial charge in [-0.15, -0.1) is 0 Å². The average molecular weight is 235 g/mol. The van der Waals surface area contributed by atoms with Crippen molar-refractivity contribution >= 4 is 27.8 Å². The van der Waals surface area contributed by atoms with E-state index in [1.54, 1.807) is 12.4 Å². The third kappa shape index (κ3) is 2.11. The lowest BCUT2D eigenvalue weighted by Crippen LogP contribution is -1.93. The number of nitrogens with one attached hydrogen (secondary N) is 1. The lowest BCUT2D eigenvalue weighted by Gasteiger charge is -2.07. The Morgan fingerprint density at radius 1 is 0.833 bits per heavy atom. The third-order valence-electron chi connectivity index (χ3n) is 2.80. The van der Waals surface area contributed by atoms with Gasteiger partial charge in [-0.05, 0) is 29.0 Å². The van der Waals surface area contributed by atoms with Crippen molar-refractivity contribution in [3.63, 3.8) is 0 Å². The topological polar surface area (TPSA) is 50.9 Å². The Labute approximate surface area is 105 Å². The summed E-state index contributed by atoms with van der Waals surface area (Å²) in [6, 6.07) is 16.4. The molecule has 2 aromatic carbocycles. The van der Waals surface area contributed by atoms with Crippen LogP contribution in [0, 0.1) is 0 Å². The summed E-state index contributed by atoms with van der Waals surface area (Å²) in [5, 5.41) is 5.73. The number of aromatic nitrogens is 1. The van der Waals surface area contributed by atoms with E-state index in [2.05, 4.69) is 34.6 Å². The summed E-state index contributed by atoms with van der Waals surface area (Å²) in [7, 11) is 0. The minimum absolute atomic E-state index is 0.654. The lowest BCUT2D eigenvalue weighted by molar-refractivity contribution is 1.32. The van der Waals surface area contributed by atoms with Crippen LogP contribution in [-0.2, 0) is 0 Å². The van der Waals surface area contributed by atoms with Gasteiger partial charge in [-0.2, -0.15) is 0 Å². The summed E-state index contributed by atoms with van der Waals surface area (Å²) >= 11 is 0. The second kappa shape index (κ2) is 4.37. The van der Waals surface area contributed by atoms with Gasteiger partial charge in [0, 0.05) is 11.9 Å². The molecule has 0 aliphatic rings. The number of benzene rings is 2. The first-order valence-corrected chi connectivity index (χ1v) is 5.78. The molecule has 0 spiro atoms. The quantitative estimate of drug-likeness (QED) is 0.714. The molecular weight excluding hydrogens is 222 g/mol. The van der Waals surface area contributed by atoms with E-state index in [1.165, 1.54) is 10.8 Å². The lowest BCUT2D eigenvalue weighted by atomic mass is 10.1. The van der Waals surface area contributed by atoms with E-state index in [-0.39, 0.29) is 0 Å². The number of pyridine rings is 1. The Balaban J connectivity index is 1.95. The van der Waals surface area contributed by atoms with Gasteiger partial charge in [0.15, 0.2) is 0 Å². The first-order chi connectivity index (χ1) is 8.81. The molecule has 1 heterocycles. The van der Waals surface area contributed by atoms with E-state index >= 15 is 0 Å². The van der Waals surface area contributed by atoms with Crippen molar-refractivity contribution < 1.29 is 0 Å². The van der Waals surface area contributed by atoms with Gasteiger partial charge in [-0.25, -0.2) is 0 Å². The Morgan fingerprint density at radius 2 is 1.67 bits per heavy atom. The molecule has 18 heavy (non-hydrogen) atoms. The molecular formula is C15H13N3. The van der Waals surface area contributed by atoms with Gasteiger partial charge in [-0.3, -0.25) is 4.98 Å². The number of fused-ring (bicyclic) bond motifs is 1. The summed E-state index contributed by atoms with van der Waals surface area (Å²) in [4.78, 5) is 4.06. The fourth-order valence-electron chi connectivity index (χ4n) is 1.96. The molecule has 3 rings (SSSR count). The molecule has 0 saturated carbocycles. The zero-order valence-corrected chi connectivity index (χ0v) is 9.80. The molecule has 0 atom stereocenters. The Morgan fingerprint density at radius 3 is 2.50 bits per heavy atom. The third-order valence-corrected chi connectivity index (χ3v) is 2.80. The molecule has 0 fully saturated rings. The zero-order valence-electron chi connectivity index (χ0n) is 9.80. The molecule has 0 saturated heterocycles. The first-order valence-electron chi connectivity index (χ1n) is 5.78. The van der Waals surface area contributed by atoms with Crippen LogP contribution in [-0.4, -0.2) is 4.98 Å². The zero-order chi connectivity index (χ0) is 12.4. The Bertz CT molecular complexity index is 692. The highest BCUT2D eigenvalue weighted by atomic mass is 14.9. The molecule has 3 nitrogen and oxygen atoms in total. The maximum absolute atomic E-state index is 5.70. The highest BCUT2D eigenvalue weighted by molar-refractivity contribution is 5.86. The van der Waals surface area contributed by atoms with Gasteiger partial charge < -0.3 is 11.1 Å². The van der Waals surface area contributed by atoms with Crippen LogP contribution in [0.15, 0.2) is 60.9 Å². The summed E-state index contributed by atoms with van der Waals surface area (Å²) in [5.74, 6) is 0. The molecule has 0 unspecified atom stereocenters. The fourth-order valence-corrected chi connectivity index (χ4v) is 1.96. The molecule has 0 bridgehead atoms. The molecule has 0 radical (unpaired) electrons. The molecule has 0 aliphatic heterocycles. The van der Waals surface area contributed by atoms with Crippen molar-refractivity contribution in [2.75, 3.05) is 11.1 Å². The van der Waals surface area contributed by atoms with Crippen LogP contribution >= 0.6 is 0 Å². The number of anilines is 3.